The Labute approximate surface area is 120 Å². The molecule has 0 spiro atoms. The van der Waals surface area contributed by atoms with Gasteiger partial charge in [-0.05, 0) is 55.8 Å². The second kappa shape index (κ2) is 5.06. The van der Waals surface area contributed by atoms with Gasteiger partial charge in [0, 0.05) is 6.04 Å². The number of nitrogens with one attached hydrogen (secondary N) is 1. The Bertz CT molecular complexity index is 578. The number of nitrogens with zero attached hydrogens (tertiary/aromatic N) is 2. The molecule has 1 saturated heterocycles. The van der Waals surface area contributed by atoms with Crippen molar-refractivity contribution >= 4 is 0 Å². The van der Waals surface area contributed by atoms with Gasteiger partial charge >= 0.3 is 0 Å². The number of rotatable bonds is 3. The maximum atomic E-state index is 4.70. The van der Waals surface area contributed by atoms with Crippen LogP contribution in [0.2, 0.25) is 0 Å². The predicted molar refractivity (Wildman–Crippen MR) is 80.1 cm³/mol. The summed E-state index contributed by atoms with van der Waals surface area (Å²) < 4.78 is 2.16. The van der Waals surface area contributed by atoms with E-state index in [2.05, 4.69) is 46.5 Å². The number of aromatic nitrogens is 2. The quantitative estimate of drug-likeness (QED) is 0.921. The van der Waals surface area contributed by atoms with Crippen LogP contribution >= 0.6 is 0 Å². The Balaban J connectivity index is 1.78. The minimum Gasteiger partial charge on any atom is -0.309 e. The van der Waals surface area contributed by atoms with Gasteiger partial charge in [0.05, 0.1) is 17.6 Å². The minimum absolute atomic E-state index is 0.474. The van der Waals surface area contributed by atoms with Crippen molar-refractivity contribution in [3.05, 3.63) is 47.8 Å². The van der Waals surface area contributed by atoms with Crippen LogP contribution in [-0.4, -0.2) is 16.3 Å². The zero-order chi connectivity index (χ0) is 13.4. The predicted octanol–water partition coefficient (Wildman–Crippen LogP) is 3.56. The maximum Gasteiger partial charge on any atom is 0.0649 e. The highest BCUT2D eigenvalue weighted by atomic mass is 15.3. The number of para-hydroxylation sites is 1. The molecular weight excluding hydrogens is 246 g/mol. The average Bonchev–Trinajstić information content (AvgIpc) is 3.27. The van der Waals surface area contributed by atoms with Gasteiger partial charge in [-0.15, -0.1) is 0 Å². The van der Waals surface area contributed by atoms with E-state index in [9.17, 15) is 0 Å². The highest BCUT2D eigenvalue weighted by molar-refractivity contribution is 5.38. The van der Waals surface area contributed by atoms with Gasteiger partial charge in [0.1, 0.15) is 0 Å². The lowest BCUT2D eigenvalue weighted by atomic mass is 9.97. The second-order valence-electron chi connectivity index (χ2n) is 6.01. The van der Waals surface area contributed by atoms with E-state index in [4.69, 9.17) is 5.10 Å². The number of piperidine rings is 1. The smallest absolute Gasteiger partial charge is 0.0649 e. The molecule has 1 aromatic carbocycles. The molecule has 2 fully saturated rings. The zero-order valence-electron chi connectivity index (χ0n) is 11.8. The van der Waals surface area contributed by atoms with Crippen molar-refractivity contribution in [1.29, 1.82) is 0 Å². The van der Waals surface area contributed by atoms with Crippen molar-refractivity contribution in [2.45, 2.75) is 44.1 Å². The molecule has 4 rings (SSSR count). The van der Waals surface area contributed by atoms with Gasteiger partial charge in [0.2, 0.25) is 0 Å². The standard InChI is InChI=1S/C17H21N3/c1-2-6-14(7-3-1)20-17(16-8-4-5-11-18-16)15(12-19-20)13-9-10-13/h1-3,6-7,12-13,16,18H,4-5,8-11H2. The van der Waals surface area contributed by atoms with Crippen molar-refractivity contribution in [2.75, 3.05) is 6.54 Å². The van der Waals surface area contributed by atoms with Crippen LogP contribution in [0.1, 0.15) is 55.3 Å². The summed E-state index contributed by atoms with van der Waals surface area (Å²) in [5.74, 6) is 0.756. The first kappa shape index (κ1) is 12.2. The minimum atomic E-state index is 0.474. The number of hydrogen-bond donors (Lipinski definition) is 1. The molecule has 3 nitrogen and oxygen atoms in total. The lowest BCUT2D eigenvalue weighted by Gasteiger charge is -2.25. The largest absolute Gasteiger partial charge is 0.309 e. The SMILES string of the molecule is c1ccc(-n2ncc(C3CC3)c2C2CCCCN2)cc1. The zero-order valence-corrected chi connectivity index (χ0v) is 11.8. The Kier molecular flexibility index (Phi) is 3.07. The summed E-state index contributed by atoms with van der Waals surface area (Å²) in [5, 5.41) is 8.39. The Morgan fingerprint density at radius 3 is 2.60 bits per heavy atom. The molecule has 1 aliphatic carbocycles. The van der Waals surface area contributed by atoms with E-state index >= 15 is 0 Å². The highest BCUT2D eigenvalue weighted by Gasteiger charge is 2.32. The van der Waals surface area contributed by atoms with E-state index in [0.29, 0.717) is 6.04 Å². The molecule has 2 heterocycles. The molecule has 1 aromatic heterocycles. The van der Waals surface area contributed by atoms with Gasteiger partial charge in [0.25, 0.3) is 0 Å². The fourth-order valence-corrected chi connectivity index (χ4v) is 3.29. The first-order chi connectivity index (χ1) is 9.93. The van der Waals surface area contributed by atoms with Crippen LogP contribution in [0, 0.1) is 0 Å². The molecule has 0 amide bonds. The summed E-state index contributed by atoms with van der Waals surface area (Å²) in [7, 11) is 0. The van der Waals surface area contributed by atoms with Crippen molar-refractivity contribution in [3.8, 4) is 5.69 Å². The molecule has 1 unspecified atom stereocenters. The van der Waals surface area contributed by atoms with E-state index in [1.807, 2.05) is 0 Å². The Hall–Kier alpha value is -1.61. The molecule has 1 aliphatic heterocycles. The molecule has 0 bridgehead atoms. The molecule has 0 radical (unpaired) electrons. The third-order valence-corrected chi connectivity index (χ3v) is 4.49. The summed E-state index contributed by atoms with van der Waals surface area (Å²) in [4.78, 5) is 0. The van der Waals surface area contributed by atoms with Crippen molar-refractivity contribution in [3.63, 3.8) is 0 Å². The first-order valence-corrected chi connectivity index (χ1v) is 7.80. The molecule has 1 saturated carbocycles. The van der Waals surface area contributed by atoms with Gasteiger partial charge in [-0.3, -0.25) is 0 Å². The van der Waals surface area contributed by atoms with E-state index < -0.39 is 0 Å². The molecule has 20 heavy (non-hydrogen) atoms. The summed E-state index contributed by atoms with van der Waals surface area (Å²) in [6.45, 7) is 1.13. The van der Waals surface area contributed by atoms with Gasteiger partial charge in [-0.25, -0.2) is 4.68 Å². The van der Waals surface area contributed by atoms with E-state index in [0.717, 1.165) is 12.5 Å². The number of benzene rings is 1. The fraction of sp³-hybridized carbons (Fsp3) is 0.471. The Morgan fingerprint density at radius 2 is 1.90 bits per heavy atom. The lowest BCUT2D eigenvalue weighted by molar-refractivity contribution is 0.397. The molecule has 2 aliphatic rings. The van der Waals surface area contributed by atoms with Gasteiger partial charge in [-0.2, -0.15) is 5.10 Å². The molecule has 3 heteroatoms. The van der Waals surface area contributed by atoms with Crippen molar-refractivity contribution in [1.82, 2.24) is 15.1 Å². The fourth-order valence-electron chi connectivity index (χ4n) is 3.29. The maximum absolute atomic E-state index is 4.70. The summed E-state index contributed by atoms with van der Waals surface area (Å²) in [5.41, 5.74) is 4.08. The van der Waals surface area contributed by atoms with E-state index in [1.165, 1.54) is 49.0 Å². The van der Waals surface area contributed by atoms with Gasteiger partial charge < -0.3 is 5.32 Å². The van der Waals surface area contributed by atoms with Gasteiger partial charge in [0.15, 0.2) is 0 Å². The Morgan fingerprint density at radius 1 is 1.05 bits per heavy atom. The van der Waals surface area contributed by atoms with Crippen LogP contribution in [0.25, 0.3) is 5.69 Å². The monoisotopic (exact) mass is 267 g/mol. The molecule has 2 aromatic rings. The van der Waals surface area contributed by atoms with Crippen LogP contribution in [0.5, 0.6) is 0 Å². The van der Waals surface area contributed by atoms with Crippen LogP contribution in [0.4, 0.5) is 0 Å². The van der Waals surface area contributed by atoms with Crippen LogP contribution in [-0.2, 0) is 0 Å². The first-order valence-electron chi connectivity index (χ1n) is 7.80. The molecule has 1 N–H and O–H groups in total. The van der Waals surface area contributed by atoms with E-state index in [1.54, 1.807) is 0 Å². The molecule has 1 atom stereocenters. The summed E-state index contributed by atoms with van der Waals surface area (Å²) >= 11 is 0. The lowest BCUT2D eigenvalue weighted by Crippen LogP contribution is -2.29. The third-order valence-electron chi connectivity index (χ3n) is 4.49. The molecule has 104 valence electrons. The van der Waals surface area contributed by atoms with E-state index in [-0.39, 0.29) is 0 Å². The summed E-state index contributed by atoms with van der Waals surface area (Å²) in [6, 6.07) is 11.0. The van der Waals surface area contributed by atoms with Crippen LogP contribution in [0.3, 0.4) is 0 Å². The van der Waals surface area contributed by atoms with Crippen molar-refractivity contribution < 1.29 is 0 Å². The van der Waals surface area contributed by atoms with Crippen LogP contribution in [0.15, 0.2) is 36.5 Å². The third kappa shape index (κ3) is 2.16. The highest BCUT2D eigenvalue weighted by Crippen LogP contribution is 2.44. The normalized spacial score (nSPS) is 22.9. The average molecular weight is 267 g/mol. The van der Waals surface area contributed by atoms with Gasteiger partial charge in [-0.1, -0.05) is 24.6 Å². The van der Waals surface area contributed by atoms with Crippen LogP contribution < -0.4 is 5.32 Å². The second-order valence-corrected chi connectivity index (χ2v) is 6.01. The van der Waals surface area contributed by atoms with Crippen molar-refractivity contribution in [2.24, 2.45) is 0 Å². The summed E-state index contributed by atoms with van der Waals surface area (Å²) in [6.07, 6.45) is 8.63. The molecular formula is C17H21N3. The topological polar surface area (TPSA) is 29.9 Å². The number of hydrogen-bond acceptors (Lipinski definition) is 2.